The van der Waals surface area contributed by atoms with Gasteiger partial charge in [-0.15, -0.1) is 0 Å². The summed E-state index contributed by atoms with van der Waals surface area (Å²) in [6.07, 6.45) is 0. The molecule has 0 spiro atoms. The van der Waals surface area contributed by atoms with Gasteiger partial charge < -0.3 is 9.80 Å². The van der Waals surface area contributed by atoms with Gasteiger partial charge in [-0.05, 0) is 47.5 Å². The number of benzene rings is 3. The van der Waals surface area contributed by atoms with E-state index in [1.165, 1.54) is 24.3 Å². The van der Waals surface area contributed by atoms with Crippen molar-refractivity contribution in [1.29, 1.82) is 0 Å². The third kappa shape index (κ3) is 4.25. The summed E-state index contributed by atoms with van der Waals surface area (Å²) in [7, 11) is 5.58. The van der Waals surface area contributed by atoms with E-state index in [4.69, 9.17) is 0 Å². The fourth-order valence-corrected chi connectivity index (χ4v) is 3.95. The van der Waals surface area contributed by atoms with Crippen LogP contribution in [0.1, 0.15) is 11.1 Å². The fourth-order valence-electron chi connectivity index (χ4n) is 3.95. The van der Waals surface area contributed by atoms with Crippen LogP contribution < -0.4 is 9.80 Å². The topological polar surface area (TPSA) is 87.0 Å². The van der Waals surface area contributed by atoms with Gasteiger partial charge in [0.2, 0.25) is 0 Å². The Bertz CT molecular complexity index is 1270. The average molecular weight is 457 g/mol. The van der Waals surface area contributed by atoms with E-state index >= 15 is 0 Å². The van der Waals surface area contributed by atoms with Crippen molar-refractivity contribution in [3.63, 3.8) is 0 Å². The number of nitrogens with zero attached hydrogens (tertiary/aromatic N) is 4. The maximum atomic E-state index is 13.6. The molecule has 0 aliphatic carbocycles. The van der Waals surface area contributed by atoms with E-state index in [1.807, 2.05) is 61.5 Å². The normalized spacial score (nSPS) is 13.4. The molecule has 0 N–H and O–H groups in total. The number of amides is 2. The molecule has 1 heterocycles. The third-order valence-electron chi connectivity index (χ3n) is 5.69. The number of carbonyl (C=O) groups is 2. The second-order valence-electron chi connectivity index (χ2n) is 8.23. The molecule has 0 saturated heterocycles. The van der Waals surface area contributed by atoms with Gasteiger partial charge in [0.25, 0.3) is 17.5 Å². The van der Waals surface area contributed by atoms with E-state index in [1.54, 1.807) is 24.1 Å². The minimum absolute atomic E-state index is 0.0866. The first-order valence-electron chi connectivity index (χ1n) is 10.7. The molecule has 0 fully saturated rings. The Morgan fingerprint density at radius 1 is 0.824 bits per heavy atom. The maximum absolute atomic E-state index is 13.6. The lowest BCUT2D eigenvalue weighted by Gasteiger charge is -2.22. The molecule has 0 atom stereocenters. The van der Waals surface area contributed by atoms with Gasteiger partial charge in [0.1, 0.15) is 5.70 Å². The summed E-state index contributed by atoms with van der Waals surface area (Å²) in [4.78, 5) is 42.6. The molecule has 8 nitrogen and oxygen atoms in total. The SMILES string of the molecule is CN(Cc1ccccc1)C1=C(c2ccc([N+](=O)[O-])cc2)C(=O)N(c2ccc(N(C)C)cc2)C1=O. The monoisotopic (exact) mass is 456 g/mol. The Hall–Kier alpha value is -4.46. The van der Waals surface area contributed by atoms with E-state index in [0.717, 1.165) is 16.2 Å². The number of anilines is 2. The zero-order valence-electron chi connectivity index (χ0n) is 19.1. The largest absolute Gasteiger partial charge is 0.378 e. The van der Waals surface area contributed by atoms with Crippen LogP contribution in [0, 0.1) is 10.1 Å². The summed E-state index contributed by atoms with van der Waals surface area (Å²) in [5.41, 5.74) is 3.21. The van der Waals surface area contributed by atoms with Gasteiger partial charge in [-0.2, -0.15) is 0 Å². The average Bonchev–Trinajstić information content (AvgIpc) is 3.09. The number of rotatable bonds is 7. The van der Waals surface area contributed by atoms with Crippen molar-refractivity contribution in [2.75, 3.05) is 30.9 Å². The molecule has 4 rings (SSSR count). The Kier molecular flexibility index (Phi) is 6.14. The molecule has 3 aromatic carbocycles. The van der Waals surface area contributed by atoms with Crippen molar-refractivity contribution in [1.82, 2.24) is 4.90 Å². The number of non-ortho nitro benzene ring substituents is 1. The maximum Gasteiger partial charge on any atom is 0.282 e. The van der Waals surface area contributed by atoms with E-state index in [9.17, 15) is 19.7 Å². The summed E-state index contributed by atoms with van der Waals surface area (Å²) < 4.78 is 0. The van der Waals surface area contributed by atoms with Gasteiger partial charge in [-0.1, -0.05) is 30.3 Å². The first-order valence-corrected chi connectivity index (χ1v) is 10.7. The summed E-state index contributed by atoms with van der Waals surface area (Å²) in [6, 6.07) is 22.5. The number of carbonyl (C=O) groups excluding carboxylic acids is 2. The van der Waals surface area contributed by atoms with Crippen molar-refractivity contribution in [2.45, 2.75) is 6.54 Å². The minimum atomic E-state index is -0.499. The summed E-state index contributed by atoms with van der Waals surface area (Å²) in [5, 5.41) is 11.1. The molecule has 0 radical (unpaired) electrons. The molecule has 0 aromatic heterocycles. The lowest BCUT2D eigenvalue weighted by Crippen LogP contribution is -2.34. The van der Waals surface area contributed by atoms with E-state index in [0.29, 0.717) is 17.8 Å². The van der Waals surface area contributed by atoms with E-state index < -0.39 is 16.7 Å². The second kappa shape index (κ2) is 9.19. The number of nitro benzene ring substituents is 1. The second-order valence-corrected chi connectivity index (χ2v) is 8.23. The molecule has 1 aliphatic heterocycles. The first-order chi connectivity index (χ1) is 16.3. The standard InChI is InChI=1S/C26H24N4O4/c1-27(2)20-13-15-21(16-14-20)29-25(31)23(19-9-11-22(12-10-19)30(33)34)24(26(29)32)28(3)17-18-7-5-4-6-8-18/h4-16H,17H2,1-3H3. The zero-order valence-corrected chi connectivity index (χ0v) is 19.1. The predicted molar refractivity (Wildman–Crippen MR) is 131 cm³/mol. The lowest BCUT2D eigenvalue weighted by atomic mass is 10.0. The Labute approximate surface area is 197 Å². The third-order valence-corrected chi connectivity index (χ3v) is 5.69. The van der Waals surface area contributed by atoms with Crippen molar-refractivity contribution in [2.24, 2.45) is 0 Å². The molecule has 0 unspecified atom stereocenters. The van der Waals surface area contributed by atoms with Crippen LogP contribution in [0.25, 0.3) is 5.57 Å². The zero-order chi connectivity index (χ0) is 24.4. The van der Waals surface area contributed by atoms with Gasteiger partial charge in [0, 0.05) is 45.5 Å². The highest BCUT2D eigenvalue weighted by Crippen LogP contribution is 2.36. The summed E-state index contributed by atoms with van der Waals surface area (Å²) in [6.45, 7) is 0.416. The number of imide groups is 1. The molecule has 1 aliphatic rings. The van der Waals surface area contributed by atoms with Crippen LogP contribution >= 0.6 is 0 Å². The summed E-state index contributed by atoms with van der Waals surface area (Å²) >= 11 is 0. The number of nitro groups is 1. The molecule has 34 heavy (non-hydrogen) atoms. The lowest BCUT2D eigenvalue weighted by molar-refractivity contribution is -0.384. The molecule has 8 heteroatoms. The number of likely N-dealkylation sites (N-methyl/N-ethyl adjacent to an activating group) is 1. The first kappa shape index (κ1) is 22.7. The molecule has 0 saturated carbocycles. The Morgan fingerprint density at radius 3 is 2.00 bits per heavy atom. The molecular weight excluding hydrogens is 432 g/mol. The van der Waals surface area contributed by atoms with E-state index in [-0.39, 0.29) is 17.0 Å². The van der Waals surface area contributed by atoms with Crippen molar-refractivity contribution >= 4 is 34.4 Å². The van der Waals surface area contributed by atoms with Crippen LogP contribution in [0.15, 0.2) is 84.6 Å². The van der Waals surface area contributed by atoms with Gasteiger partial charge in [-0.25, -0.2) is 4.90 Å². The Morgan fingerprint density at radius 2 is 1.44 bits per heavy atom. The quantitative estimate of drug-likeness (QED) is 0.303. The smallest absolute Gasteiger partial charge is 0.282 e. The van der Waals surface area contributed by atoms with Crippen molar-refractivity contribution in [3.05, 3.63) is 106 Å². The van der Waals surface area contributed by atoms with Crippen LogP contribution in [0.3, 0.4) is 0 Å². The fraction of sp³-hybridized carbons (Fsp3) is 0.154. The van der Waals surface area contributed by atoms with Gasteiger partial charge in [-0.3, -0.25) is 19.7 Å². The van der Waals surface area contributed by atoms with E-state index in [2.05, 4.69) is 0 Å². The Balaban J connectivity index is 1.77. The molecule has 0 bridgehead atoms. The van der Waals surface area contributed by atoms with Crippen LogP contribution in [0.2, 0.25) is 0 Å². The van der Waals surface area contributed by atoms with Crippen LogP contribution in [0.5, 0.6) is 0 Å². The van der Waals surface area contributed by atoms with Gasteiger partial charge in [0.05, 0.1) is 16.2 Å². The van der Waals surface area contributed by atoms with Gasteiger partial charge in [0.15, 0.2) is 0 Å². The highest BCUT2D eigenvalue weighted by Gasteiger charge is 2.41. The van der Waals surface area contributed by atoms with Crippen LogP contribution in [0.4, 0.5) is 17.1 Å². The minimum Gasteiger partial charge on any atom is -0.378 e. The highest BCUT2D eigenvalue weighted by molar-refractivity contribution is 6.45. The predicted octanol–water partition coefficient (Wildman–Crippen LogP) is 4.08. The molecule has 2 amide bonds. The van der Waals surface area contributed by atoms with Gasteiger partial charge >= 0.3 is 0 Å². The number of hydrogen-bond acceptors (Lipinski definition) is 6. The highest BCUT2D eigenvalue weighted by atomic mass is 16.6. The number of hydrogen-bond donors (Lipinski definition) is 0. The molecule has 172 valence electrons. The summed E-state index contributed by atoms with van der Waals surface area (Å²) in [5.74, 6) is -0.902. The van der Waals surface area contributed by atoms with Crippen LogP contribution in [-0.2, 0) is 16.1 Å². The molecular formula is C26H24N4O4. The van der Waals surface area contributed by atoms with Crippen molar-refractivity contribution in [3.8, 4) is 0 Å². The van der Waals surface area contributed by atoms with Crippen molar-refractivity contribution < 1.29 is 14.5 Å². The molecule has 3 aromatic rings. The van der Waals surface area contributed by atoms with Crippen LogP contribution in [-0.4, -0.2) is 42.8 Å².